The highest BCUT2D eigenvalue weighted by Gasteiger charge is 2.52. The van der Waals surface area contributed by atoms with E-state index < -0.39 is 29.4 Å². The maximum Gasteiger partial charge on any atom is 0.291 e. The van der Waals surface area contributed by atoms with E-state index in [1.807, 2.05) is 19.0 Å². The minimum atomic E-state index is -1.25. The first-order chi connectivity index (χ1) is 15.2. The van der Waals surface area contributed by atoms with Gasteiger partial charge in [0.25, 0.3) is 5.91 Å². The minimum Gasteiger partial charge on any atom is -0.493 e. The summed E-state index contributed by atoms with van der Waals surface area (Å²) in [5.74, 6) is -1.57. The molecule has 0 spiro atoms. The van der Waals surface area contributed by atoms with Crippen LogP contribution in [-0.2, 0) is 9.59 Å². The van der Waals surface area contributed by atoms with Crippen LogP contribution in [0.3, 0.4) is 0 Å². The van der Waals surface area contributed by atoms with Gasteiger partial charge in [0.05, 0.1) is 27.4 Å². The van der Waals surface area contributed by atoms with Gasteiger partial charge in [-0.1, -0.05) is 0 Å². The zero-order valence-electron chi connectivity index (χ0n) is 19.1. The van der Waals surface area contributed by atoms with Gasteiger partial charge in [0.1, 0.15) is 11.7 Å². The molecular formula is C23H28N2O7. The quantitative estimate of drug-likeness (QED) is 0.330. The average molecular weight is 444 g/mol. The summed E-state index contributed by atoms with van der Waals surface area (Å²) in [6.45, 7) is 2.49. The molecule has 1 amide bonds. The molecule has 1 aromatic carbocycles. The lowest BCUT2D eigenvalue weighted by Gasteiger charge is -2.29. The summed E-state index contributed by atoms with van der Waals surface area (Å²) in [6, 6.07) is 5.64. The Morgan fingerprint density at radius 1 is 1.06 bits per heavy atom. The summed E-state index contributed by atoms with van der Waals surface area (Å²) in [7, 11) is 8.17. The second-order valence-corrected chi connectivity index (χ2v) is 7.82. The second-order valence-electron chi connectivity index (χ2n) is 7.82. The van der Waals surface area contributed by atoms with Crippen LogP contribution in [0.4, 0.5) is 0 Å². The molecule has 1 aromatic heterocycles. The molecule has 0 saturated carbocycles. The molecule has 1 aliphatic heterocycles. The fourth-order valence-electron chi connectivity index (χ4n) is 3.90. The van der Waals surface area contributed by atoms with Gasteiger partial charge in [-0.25, -0.2) is 0 Å². The Balaban J connectivity index is 2.15. The Hall–Kier alpha value is -3.33. The molecule has 1 fully saturated rings. The molecule has 2 unspecified atom stereocenters. The Morgan fingerprint density at radius 3 is 2.16 bits per heavy atom. The number of methoxy groups -OCH3 is 3. The molecule has 0 N–H and O–H groups in total. The van der Waals surface area contributed by atoms with E-state index in [-0.39, 0.29) is 12.3 Å². The van der Waals surface area contributed by atoms with Gasteiger partial charge >= 0.3 is 0 Å². The largest absolute Gasteiger partial charge is 0.493 e. The van der Waals surface area contributed by atoms with Gasteiger partial charge in [-0.2, -0.15) is 0 Å². The summed E-state index contributed by atoms with van der Waals surface area (Å²) in [4.78, 5) is 42.7. The van der Waals surface area contributed by atoms with Crippen molar-refractivity contribution in [3.63, 3.8) is 0 Å². The molecule has 32 heavy (non-hydrogen) atoms. The number of rotatable bonds is 9. The van der Waals surface area contributed by atoms with E-state index in [1.54, 1.807) is 25.1 Å². The summed E-state index contributed by atoms with van der Waals surface area (Å²) in [6.07, 6.45) is 0. The van der Waals surface area contributed by atoms with Gasteiger partial charge in [0.2, 0.25) is 17.3 Å². The lowest BCUT2D eigenvalue weighted by Crippen LogP contribution is -2.36. The predicted molar refractivity (Wildman–Crippen MR) is 115 cm³/mol. The van der Waals surface area contributed by atoms with Crippen molar-refractivity contribution in [3.05, 3.63) is 41.3 Å². The molecule has 2 heterocycles. The van der Waals surface area contributed by atoms with Crippen molar-refractivity contribution in [2.75, 3.05) is 48.5 Å². The van der Waals surface area contributed by atoms with Crippen molar-refractivity contribution in [1.82, 2.24) is 9.80 Å². The lowest BCUT2D eigenvalue weighted by molar-refractivity contribution is -0.140. The summed E-state index contributed by atoms with van der Waals surface area (Å²) < 4.78 is 21.7. The summed E-state index contributed by atoms with van der Waals surface area (Å²) >= 11 is 0. The van der Waals surface area contributed by atoms with Crippen LogP contribution in [-0.4, -0.2) is 75.8 Å². The molecule has 0 aliphatic carbocycles. The number of ketones is 2. The van der Waals surface area contributed by atoms with Gasteiger partial charge in [-0.3, -0.25) is 14.4 Å². The molecule has 0 radical (unpaired) electrons. The van der Waals surface area contributed by atoms with Crippen molar-refractivity contribution < 1.29 is 33.0 Å². The Labute approximate surface area is 186 Å². The van der Waals surface area contributed by atoms with E-state index in [0.29, 0.717) is 35.1 Å². The first-order valence-electron chi connectivity index (χ1n) is 10.1. The topological polar surface area (TPSA) is 98.5 Å². The van der Waals surface area contributed by atoms with E-state index >= 15 is 0 Å². The van der Waals surface area contributed by atoms with Gasteiger partial charge in [0.15, 0.2) is 17.3 Å². The number of hydrogen-bond acceptors (Lipinski definition) is 8. The van der Waals surface area contributed by atoms with Crippen molar-refractivity contribution in [3.8, 4) is 17.2 Å². The van der Waals surface area contributed by atoms with Crippen molar-refractivity contribution >= 4 is 17.5 Å². The van der Waals surface area contributed by atoms with Crippen LogP contribution in [0.5, 0.6) is 17.2 Å². The van der Waals surface area contributed by atoms with Gasteiger partial charge in [-0.05, 0) is 50.8 Å². The fraction of sp³-hybridized carbons (Fsp3) is 0.435. The van der Waals surface area contributed by atoms with Crippen molar-refractivity contribution in [1.29, 1.82) is 0 Å². The highest BCUT2D eigenvalue weighted by atomic mass is 16.5. The van der Waals surface area contributed by atoms with E-state index in [4.69, 9.17) is 18.6 Å². The van der Waals surface area contributed by atoms with Crippen LogP contribution >= 0.6 is 0 Å². The molecule has 1 aliphatic rings. The number of amides is 1. The number of likely N-dealkylation sites (tertiary alicyclic amines) is 1. The molecule has 172 valence electrons. The Bertz CT molecular complexity index is 1000. The fourth-order valence-corrected chi connectivity index (χ4v) is 3.90. The normalized spacial score (nSPS) is 18.4. The molecule has 1 saturated heterocycles. The molecule has 9 heteroatoms. The molecule has 3 rings (SSSR count). The Morgan fingerprint density at radius 2 is 1.69 bits per heavy atom. The number of nitrogens with zero attached hydrogens (tertiary/aromatic N) is 2. The van der Waals surface area contributed by atoms with E-state index in [0.717, 1.165) is 0 Å². The number of likely N-dealkylation sites (N-methyl/N-ethyl adjacent to an activating group) is 1. The highest BCUT2D eigenvalue weighted by molar-refractivity contribution is 6.43. The number of benzene rings is 1. The van der Waals surface area contributed by atoms with Gasteiger partial charge in [0, 0.05) is 13.1 Å². The first kappa shape index (κ1) is 23.3. The number of carbonyl (C=O) groups excluding carboxylic acids is 3. The third-order valence-electron chi connectivity index (χ3n) is 5.49. The molecule has 2 atom stereocenters. The smallest absolute Gasteiger partial charge is 0.291 e. The van der Waals surface area contributed by atoms with Crippen molar-refractivity contribution in [2.24, 2.45) is 5.92 Å². The minimum absolute atomic E-state index is 0.0422. The number of hydrogen-bond donors (Lipinski definition) is 0. The number of ether oxygens (including phenoxy) is 3. The molecule has 2 aromatic rings. The average Bonchev–Trinajstić information content (AvgIpc) is 3.32. The molecule has 9 nitrogen and oxygen atoms in total. The standard InChI is InChI=1S/C23H28N2O7/c1-13-7-8-15(32-13)20(26)18-19(25(10-9-24(2)3)23(28)21(18)27)14-11-16(29-4)22(31-6)17(12-14)30-5/h7-8,11-12,18-19H,9-10H2,1-6H3. The number of furan rings is 1. The SMILES string of the molecule is COc1cc(C2C(C(=O)c3ccc(C)o3)C(=O)C(=O)N2CCN(C)C)cc(OC)c1OC. The third-order valence-corrected chi connectivity index (χ3v) is 5.49. The number of Topliss-reactive ketones (excluding diaryl/α,β-unsaturated/α-hetero) is 2. The lowest BCUT2D eigenvalue weighted by atomic mass is 9.88. The zero-order chi connectivity index (χ0) is 23.6. The highest BCUT2D eigenvalue weighted by Crippen LogP contribution is 2.45. The summed E-state index contributed by atoms with van der Waals surface area (Å²) in [5, 5.41) is 0. The van der Waals surface area contributed by atoms with E-state index in [2.05, 4.69) is 0 Å². The maximum absolute atomic E-state index is 13.3. The first-order valence-corrected chi connectivity index (χ1v) is 10.1. The van der Waals surface area contributed by atoms with Crippen LogP contribution in [0.1, 0.15) is 27.9 Å². The number of carbonyl (C=O) groups is 3. The molecule has 0 bridgehead atoms. The third kappa shape index (κ3) is 4.20. The van der Waals surface area contributed by atoms with Gasteiger partial charge < -0.3 is 28.4 Å². The van der Waals surface area contributed by atoms with Crippen LogP contribution in [0, 0.1) is 12.8 Å². The summed E-state index contributed by atoms with van der Waals surface area (Å²) in [5.41, 5.74) is 0.527. The Kier molecular flexibility index (Phi) is 6.88. The van der Waals surface area contributed by atoms with E-state index in [9.17, 15) is 14.4 Å². The zero-order valence-corrected chi connectivity index (χ0v) is 19.1. The maximum atomic E-state index is 13.3. The molecular weight excluding hydrogens is 416 g/mol. The van der Waals surface area contributed by atoms with Crippen LogP contribution < -0.4 is 14.2 Å². The number of aryl methyl sites for hydroxylation is 1. The second kappa shape index (κ2) is 9.44. The van der Waals surface area contributed by atoms with Crippen LogP contribution in [0.15, 0.2) is 28.7 Å². The van der Waals surface area contributed by atoms with Crippen LogP contribution in [0.2, 0.25) is 0 Å². The van der Waals surface area contributed by atoms with Crippen molar-refractivity contribution in [2.45, 2.75) is 13.0 Å². The monoisotopic (exact) mass is 444 g/mol. The predicted octanol–water partition coefficient (Wildman–Crippen LogP) is 2.13. The van der Waals surface area contributed by atoms with E-state index in [1.165, 1.54) is 32.3 Å². The van der Waals surface area contributed by atoms with Crippen LogP contribution in [0.25, 0.3) is 0 Å². The van der Waals surface area contributed by atoms with Gasteiger partial charge in [-0.15, -0.1) is 0 Å².